The Kier molecular flexibility index (Phi) is 6.31. The Morgan fingerprint density at radius 2 is 1.53 bits per heavy atom. The molecular formula is C33H37N3OSi. The Hall–Kier alpha value is -3.70. The number of phenolic OH excluding ortho intramolecular Hbond substituents is 1. The third-order valence-corrected chi connectivity index (χ3v) is 9.46. The van der Waals surface area contributed by atoms with Gasteiger partial charge in [-0.05, 0) is 65.4 Å². The number of aromatic nitrogens is 3. The number of hydrogen-bond acceptors (Lipinski definition) is 3. The van der Waals surface area contributed by atoms with Gasteiger partial charge in [0.25, 0.3) is 0 Å². The summed E-state index contributed by atoms with van der Waals surface area (Å²) >= 11 is 0. The minimum Gasteiger partial charge on any atom is -0.507 e. The maximum Gasteiger partial charge on any atom is 0.144 e. The molecule has 1 N–H and O–H groups in total. The predicted molar refractivity (Wildman–Crippen MR) is 163 cm³/mol. The molecule has 0 aliphatic heterocycles. The Balaban J connectivity index is 1.74. The SMILES string of the molecule is Cc1cccc(-c2nc3c(-c4cc(-c5cc([Si](C)(C)C)ccn5)cc(C(C)(C)C)c4)cccc3n2C)c1O. The number of aromatic hydroxyl groups is 1. The smallest absolute Gasteiger partial charge is 0.144 e. The molecule has 194 valence electrons. The molecule has 2 aromatic heterocycles. The van der Waals surface area contributed by atoms with E-state index in [1.54, 1.807) is 0 Å². The second-order valence-corrected chi connectivity index (χ2v) is 17.4. The first-order valence-electron chi connectivity index (χ1n) is 13.2. The molecule has 0 atom stereocenters. The molecule has 38 heavy (non-hydrogen) atoms. The standard InChI is InChI=1S/C33H37N3OSi/c1-21-11-9-13-27(31(21)37)32-35-30-26(12-10-14-29(30)36(32)5)22-17-23(19-24(18-22)33(2,3)4)28-20-25(15-16-34-28)38(6,7)8/h9-20,37H,1-8H3. The minimum atomic E-state index is -1.48. The molecule has 5 heteroatoms. The van der Waals surface area contributed by atoms with Crippen LogP contribution in [0.15, 0.2) is 72.9 Å². The van der Waals surface area contributed by atoms with Crippen LogP contribution in [-0.2, 0) is 12.5 Å². The summed E-state index contributed by atoms with van der Waals surface area (Å²) in [5.41, 5.74) is 9.09. The van der Waals surface area contributed by atoms with E-state index in [1.807, 2.05) is 38.4 Å². The van der Waals surface area contributed by atoms with Gasteiger partial charge >= 0.3 is 0 Å². The third kappa shape index (κ3) is 4.67. The van der Waals surface area contributed by atoms with Crippen LogP contribution >= 0.6 is 0 Å². The molecule has 4 nitrogen and oxygen atoms in total. The fourth-order valence-corrected chi connectivity index (χ4v) is 6.09. The Morgan fingerprint density at radius 3 is 2.24 bits per heavy atom. The second-order valence-electron chi connectivity index (χ2n) is 12.4. The van der Waals surface area contributed by atoms with Crippen LogP contribution in [0.4, 0.5) is 0 Å². The Morgan fingerprint density at radius 1 is 0.842 bits per heavy atom. The van der Waals surface area contributed by atoms with Crippen LogP contribution in [0.1, 0.15) is 31.9 Å². The Labute approximate surface area is 227 Å². The Bertz CT molecular complexity index is 1670. The van der Waals surface area contributed by atoms with Gasteiger partial charge in [-0.15, -0.1) is 0 Å². The first kappa shape index (κ1) is 25.9. The molecule has 0 bridgehead atoms. The molecule has 5 aromatic rings. The molecule has 0 radical (unpaired) electrons. The summed E-state index contributed by atoms with van der Waals surface area (Å²) in [4.78, 5) is 9.89. The third-order valence-electron chi connectivity index (χ3n) is 7.42. The van der Waals surface area contributed by atoms with Gasteiger partial charge in [0.2, 0.25) is 0 Å². The molecule has 5 rings (SSSR count). The van der Waals surface area contributed by atoms with Crippen LogP contribution in [0.3, 0.4) is 0 Å². The zero-order valence-electron chi connectivity index (χ0n) is 23.7. The summed E-state index contributed by atoms with van der Waals surface area (Å²) < 4.78 is 2.07. The number of para-hydroxylation sites is 2. The van der Waals surface area contributed by atoms with Gasteiger partial charge in [0.15, 0.2) is 0 Å². The van der Waals surface area contributed by atoms with E-state index in [4.69, 9.17) is 9.97 Å². The lowest BCUT2D eigenvalue weighted by Gasteiger charge is -2.22. The number of hydrogen-bond donors (Lipinski definition) is 1. The van der Waals surface area contributed by atoms with Crippen LogP contribution in [-0.4, -0.2) is 27.7 Å². The van der Waals surface area contributed by atoms with Crippen LogP contribution in [0, 0.1) is 6.92 Å². The fraction of sp³-hybridized carbons (Fsp3) is 0.273. The highest BCUT2D eigenvalue weighted by Crippen LogP contribution is 2.38. The lowest BCUT2D eigenvalue weighted by atomic mass is 9.83. The number of phenols is 1. The second kappa shape index (κ2) is 9.24. The lowest BCUT2D eigenvalue weighted by Crippen LogP contribution is -2.37. The normalized spacial score (nSPS) is 12.3. The summed E-state index contributed by atoms with van der Waals surface area (Å²) in [6, 6.07) is 23.4. The van der Waals surface area contributed by atoms with Crippen molar-refractivity contribution < 1.29 is 5.11 Å². The van der Waals surface area contributed by atoms with E-state index in [-0.39, 0.29) is 11.2 Å². The average molecular weight is 520 g/mol. The van der Waals surface area contributed by atoms with Gasteiger partial charge in [0.1, 0.15) is 11.6 Å². The van der Waals surface area contributed by atoms with Crippen molar-refractivity contribution in [2.24, 2.45) is 7.05 Å². The van der Waals surface area contributed by atoms with Crippen molar-refractivity contribution in [1.82, 2.24) is 14.5 Å². The van der Waals surface area contributed by atoms with Crippen LogP contribution in [0.25, 0.3) is 44.8 Å². The van der Waals surface area contributed by atoms with E-state index in [0.29, 0.717) is 0 Å². The molecule has 0 saturated carbocycles. The average Bonchev–Trinajstić information content (AvgIpc) is 3.21. The van der Waals surface area contributed by atoms with Crippen molar-refractivity contribution in [1.29, 1.82) is 0 Å². The number of pyridine rings is 1. The molecular weight excluding hydrogens is 482 g/mol. The zero-order chi connectivity index (χ0) is 27.4. The lowest BCUT2D eigenvalue weighted by molar-refractivity contribution is 0.472. The molecule has 2 heterocycles. The van der Waals surface area contributed by atoms with Crippen molar-refractivity contribution in [2.75, 3.05) is 0 Å². The van der Waals surface area contributed by atoms with E-state index < -0.39 is 8.07 Å². The minimum absolute atomic E-state index is 0.0301. The number of imidazole rings is 1. The van der Waals surface area contributed by atoms with Crippen LogP contribution in [0.2, 0.25) is 19.6 Å². The van der Waals surface area contributed by atoms with Gasteiger partial charge in [-0.3, -0.25) is 4.98 Å². The monoisotopic (exact) mass is 519 g/mol. The van der Waals surface area contributed by atoms with Crippen molar-refractivity contribution in [2.45, 2.75) is 52.8 Å². The van der Waals surface area contributed by atoms with E-state index >= 15 is 0 Å². The number of rotatable bonds is 4. The molecule has 0 spiro atoms. The van der Waals surface area contributed by atoms with Gasteiger partial charge < -0.3 is 9.67 Å². The van der Waals surface area contributed by atoms with Crippen molar-refractivity contribution in [3.8, 4) is 39.5 Å². The van der Waals surface area contributed by atoms with Crippen LogP contribution < -0.4 is 5.19 Å². The first-order valence-corrected chi connectivity index (χ1v) is 16.7. The highest BCUT2D eigenvalue weighted by atomic mass is 28.3. The summed E-state index contributed by atoms with van der Waals surface area (Å²) in [5, 5.41) is 12.2. The molecule has 0 fully saturated rings. The van der Waals surface area contributed by atoms with Crippen molar-refractivity contribution in [3.63, 3.8) is 0 Å². The van der Waals surface area contributed by atoms with Gasteiger partial charge in [-0.2, -0.15) is 0 Å². The molecule has 0 aliphatic rings. The van der Waals surface area contributed by atoms with Crippen molar-refractivity contribution >= 4 is 24.3 Å². The topological polar surface area (TPSA) is 50.9 Å². The quantitative estimate of drug-likeness (QED) is 0.246. The van der Waals surface area contributed by atoms with E-state index in [9.17, 15) is 5.11 Å². The highest BCUT2D eigenvalue weighted by molar-refractivity contribution is 6.88. The van der Waals surface area contributed by atoms with E-state index in [2.05, 4.69) is 93.5 Å². The van der Waals surface area contributed by atoms with E-state index in [0.717, 1.165) is 50.4 Å². The summed E-state index contributed by atoms with van der Waals surface area (Å²) in [7, 11) is 0.534. The molecule has 0 saturated heterocycles. The van der Waals surface area contributed by atoms with Crippen molar-refractivity contribution in [3.05, 3.63) is 84.1 Å². The molecule has 0 amide bonds. The summed E-state index contributed by atoms with van der Waals surface area (Å²) in [6.45, 7) is 15.8. The van der Waals surface area contributed by atoms with Gasteiger partial charge in [0, 0.05) is 24.4 Å². The maximum atomic E-state index is 10.8. The number of nitrogens with zero attached hydrogens (tertiary/aromatic N) is 3. The maximum absolute atomic E-state index is 10.8. The molecule has 3 aromatic carbocycles. The van der Waals surface area contributed by atoms with E-state index in [1.165, 1.54) is 10.8 Å². The first-order chi connectivity index (χ1) is 17.8. The number of aryl methyl sites for hydroxylation is 2. The van der Waals surface area contributed by atoms with Gasteiger partial charge in [0.05, 0.1) is 30.4 Å². The number of benzene rings is 3. The predicted octanol–water partition coefficient (Wildman–Crippen LogP) is 7.83. The number of fused-ring (bicyclic) bond motifs is 1. The highest BCUT2D eigenvalue weighted by Gasteiger charge is 2.22. The van der Waals surface area contributed by atoms with Gasteiger partial charge in [-0.25, -0.2) is 4.98 Å². The molecule has 0 unspecified atom stereocenters. The zero-order valence-corrected chi connectivity index (χ0v) is 24.7. The molecule has 0 aliphatic carbocycles. The largest absolute Gasteiger partial charge is 0.507 e. The van der Waals surface area contributed by atoms with Gasteiger partial charge in [-0.1, -0.05) is 75.9 Å². The summed E-state index contributed by atoms with van der Waals surface area (Å²) in [5.74, 6) is 1.03. The van der Waals surface area contributed by atoms with Crippen LogP contribution in [0.5, 0.6) is 5.75 Å². The fourth-order valence-electron chi connectivity index (χ4n) is 4.95. The summed E-state index contributed by atoms with van der Waals surface area (Å²) in [6.07, 6.45) is 1.95.